The Balaban J connectivity index is 1.01. The number of nitrogens with zero attached hydrogens (tertiary/aromatic N) is 2. The maximum absolute atomic E-state index is 5.34. The summed E-state index contributed by atoms with van der Waals surface area (Å²) in [6.45, 7) is 0. The molecule has 0 unspecified atom stereocenters. The maximum atomic E-state index is 5.34. The first-order valence-corrected chi connectivity index (χ1v) is 21.5. The van der Waals surface area contributed by atoms with E-state index in [1.54, 1.807) is 0 Å². The Morgan fingerprint density at radius 1 is 0.295 bits per heavy atom. The van der Waals surface area contributed by atoms with Crippen LogP contribution in [0.5, 0.6) is 0 Å². The van der Waals surface area contributed by atoms with E-state index in [4.69, 9.17) is 9.97 Å². The Kier molecular flexibility index (Phi) is 8.39. The van der Waals surface area contributed by atoms with Crippen LogP contribution in [0.15, 0.2) is 218 Å². The Morgan fingerprint density at radius 2 is 0.885 bits per heavy atom. The molecule has 0 saturated carbocycles. The molecule has 0 amide bonds. The Morgan fingerprint density at radius 3 is 1.69 bits per heavy atom. The fourth-order valence-corrected chi connectivity index (χ4v) is 10.3. The van der Waals surface area contributed by atoms with Crippen LogP contribution in [0.3, 0.4) is 0 Å². The Bertz CT molecular complexity index is 3640. The second kappa shape index (κ2) is 14.5. The second-order valence-corrected chi connectivity index (χ2v) is 16.8. The highest BCUT2D eigenvalue weighted by Crippen LogP contribution is 2.42. The molecular formula is C58H36N2S. The van der Waals surface area contributed by atoms with E-state index in [0.717, 1.165) is 39.2 Å². The Hall–Kier alpha value is -7.72. The molecule has 0 fully saturated rings. The molecule has 0 atom stereocenters. The first-order valence-electron chi connectivity index (χ1n) is 20.7. The van der Waals surface area contributed by atoms with E-state index in [1.807, 2.05) is 11.3 Å². The van der Waals surface area contributed by atoms with Gasteiger partial charge in [0.25, 0.3) is 0 Å². The molecule has 10 aromatic carbocycles. The van der Waals surface area contributed by atoms with Crippen LogP contribution in [-0.4, -0.2) is 9.97 Å². The van der Waals surface area contributed by atoms with Crippen LogP contribution < -0.4 is 0 Å². The average molecular weight is 793 g/mol. The third-order valence-corrected chi connectivity index (χ3v) is 13.3. The van der Waals surface area contributed by atoms with Crippen LogP contribution in [0.1, 0.15) is 0 Å². The molecule has 0 aliphatic rings. The van der Waals surface area contributed by atoms with Crippen LogP contribution in [0.25, 0.3) is 120 Å². The molecule has 12 rings (SSSR count). The maximum Gasteiger partial charge on any atom is 0.160 e. The lowest BCUT2D eigenvalue weighted by atomic mass is 9.89. The summed E-state index contributed by atoms with van der Waals surface area (Å²) in [5, 5.41) is 10.1. The van der Waals surface area contributed by atoms with Gasteiger partial charge in [0.15, 0.2) is 5.82 Å². The fourth-order valence-electron chi connectivity index (χ4n) is 9.10. The molecule has 3 heteroatoms. The summed E-state index contributed by atoms with van der Waals surface area (Å²) in [5.74, 6) is 0.690. The zero-order valence-corrected chi connectivity index (χ0v) is 33.9. The predicted molar refractivity (Wildman–Crippen MR) is 260 cm³/mol. The summed E-state index contributed by atoms with van der Waals surface area (Å²) in [6.07, 6.45) is 0. The zero-order valence-electron chi connectivity index (χ0n) is 33.1. The van der Waals surface area contributed by atoms with Gasteiger partial charge in [0.1, 0.15) is 0 Å². The minimum absolute atomic E-state index is 0.690. The van der Waals surface area contributed by atoms with Crippen molar-refractivity contribution < 1.29 is 0 Å². The highest BCUT2D eigenvalue weighted by atomic mass is 32.1. The number of rotatable bonds is 6. The zero-order chi connectivity index (χ0) is 40.3. The number of thiophene rings is 1. The van der Waals surface area contributed by atoms with E-state index >= 15 is 0 Å². The van der Waals surface area contributed by atoms with Crippen molar-refractivity contribution in [3.05, 3.63) is 218 Å². The number of hydrogen-bond donors (Lipinski definition) is 0. The van der Waals surface area contributed by atoms with E-state index in [2.05, 4.69) is 218 Å². The summed E-state index contributed by atoms with van der Waals surface area (Å²) in [4.78, 5) is 10.6. The highest BCUT2D eigenvalue weighted by molar-refractivity contribution is 7.26. The van der Waals surface area contributed by atoms with E-state index in [9.17, 15) is 0 Å². The van der Waals surface area contributed by atoms with Gasteiger partial charge in [0, 0.05) is 36.9 Å². The topological polar surface area (TPSA) is 25.8 Å². The SMILES string of the molecule is c1ccc(-c2cccc(-c3cc(-c4cccc(-c5cccc6c5sc5ccccc56)c4)nc(-c4ccc(-c5c6ccccc6cc6c5ccc5ccccc56)cc4)n3)c2)cc1. The van der Waals surface area contributed by atoms with Gasteiger partial charge in [-0.3, -0.25) is 0 Å². The minimum Gasteiger partial charge on any atom is -0.228 e. The summed E-state index contributed by atoms with van der Waals surface area (Å²) in [6, 6.07) is 78.7. The molecule has 12 aromatic rings. The number of hydrogen-bond acceptors (Lipinski definition) is 3. The molecule has 0 radical (unpaired) electrons. The molecule has 61 heavy (non-hydrogen) atoms. The molecule has 0 bridgehead atoms. The fraction of sp³-hybridized carbons (Fsp3) is 0. The summed E-state index contributed by atoms with van der Waals surface area (Å²) in [7, 11) is 0. The minimum atomic E-state index is 0.690. The molecule has 2 nitrogen and oxygen atoms in total. The van der Waals surface area contributed by atoms with Gasteiger partial charge < -0.3 is 0 Å². The lowest BCUT2D eigenvalue weighted by Gasteiger charge is -2.15. The largest absolute Gasteiger partial charge is 0.228 e. The Labute approximate surface area is 357 Å². The van der Waals surface area contributed by atoms with Crippen molar-refractivity contribution >= 4 is 63.8 Å². The smallest absolute Gasteiger partial charge is 0.160 e. The molecule has 284 valence electrons. The average Bonchev–Trinajstić information content (AvgIpc) is 3.73. The molecule has 0 N–H and O–H groups in total. The molecule has 0 aliphatic carbocycles. The second-order valence-electron chi connectivity index (χ2n) is 15.7. The van der Waals surface area contributed by atoms with Crippen LogP contribution in [-0.2, 0) is 0 Å². The summed E-state index contributed by atoms with van der Waals surface area (Å²) < 4.78 is 2.60. The molecule has 2 heterocycles. The molecular weight excluding hydrogens is 757 g/mol. The van der Waals surface area contributed by atoms with Gasteiger partial charge in [-0.1, -0.05) is 188 Å². The van der Waals surface area contributed by atoms with E-state index < -0.39 is 0 Å². The van der Waals surface area contributed by atoms with Crippen molar-refractivity contribution in [3.8, 4) is 67.3 Å². The van der Waals surface area contributed by atoms with Gasteiger partial charge in [-0.25, -0.2) is 9.97 Å². The quantitative estimate of drug-likeness (QED) is 0.124. The van der Waals surface area contributed by atoms with Gasteiger partial charge in [-0.2, -0.15) is 0 Å². The van der Waals surface area contributed by atoms with Crippen molar-refractivity contribution in [1.82, 2.24) is 9.97 Å². The number of benzene rings is 10. The van der Waals surface area contributed by atoms with Crippen molar-refractivity contribution in [2.45, 2.75) is 0 Å². The van der Waals surface area contributed by atoms with Gasteiger partial charge in [-0.15, -0.1) is 11.3 Å². The standard InChI is InChI=1S/C58H36N2S/c1-2-13-37(14-3-1)41-17-10-19-44(33-41)53-36-54(45-20-11-18-42(34-45)48-24-12-25-51-49-23-8-9-26-55(49)61-57(48)51)60-58(59-53)40-29-27-39(28-30-40)56-47-22-7-5-16-43(47)35-52-46-21-6-4-15-38(46)31-32-50(52)56/h1-36H. The van der Waals surface area contributed by atoms with Crippen molar-refractivity contribution in [2.24, 2.45) is 0 Å². The van der Waals surface area contributed by atoms with Crippen LogP contribution >= 0.6 is 11.3 Å². The van der Waals surface area contributed by atoms with Crippen molar-refractivity contribution in [3.63, 3.8) is 0 Å². The lowest BCUT2D eigenvalue weighted by molar-refractivity contribution is 1.18. The predicted octanol–water partition coefficient (Wildman–Crippen LogP) is 16.3. The molecule has 0 saturated heterocycles. The van der Waals surface area contributed by atoms with Crippen molar-refractivity contribution in [2.75, 3.05) is 0 Å². The third kappa shape index (κ3) is 6.18. The highest BCUT2D eigenvalue weighted by Gasteiger charge is 2.17. The molecule has 2 aromatic heterocycles. The third-order valence-electron chi connectivity index (χ3n) is 12.1. The van der Waals surface area contributed by atoms with Crippen LogP contribution in [0, 0.1) is 0 Å². The molecule has 0 spiro atoms. The number of aromatic nitrogens is 2. The van der Waals surface area contributed by atoms with E-state index in [-0.39, 0.29) is 0 Å². The number of fused-ring (bicyclic) bond motifs is 7. The normalized spacial score (nSPS) is 11.6. The van der Waals surface area contributed by atoms with Gasteiger partial charge in [0.2, 0.25) is 0 Å². The van der Waals surface area contributed by atoms with Gasteiger partial charge in [-0.05, 0) is 96.0 Å². The lowest BCUT2D eigenvalue weighted by Crippen LogP contribution is -1.96. The van der Waals surface area contributed by atoms with Crippen LogP contribution in [0.2, 0.25) is 0 Å². The molecule has 0 aliphatic heterocycles. The monoisotopic (exact) mass is 792 g/mol. The van der Waals surface area contributed by atoms with Gasteiger partial charge >= 0.3 is 0 Å². The van der Waals surface area contributed by atoms with Gasteiger partial charge in [0.05, 0.1) is 11.4 Å². The first kappa shape index (κ1) is 35.2. The first-order chi connectivity index (χ1) is 30.2. The summed E-state index contributed by atoms with van der Waals surface area (Å²) in [5.41, 5.74) is 11.9. The van der Waals surface area contributed by atoms with E-state index in [1.165, 1.54) is 74.7 Å². The van der Waals surface area contributed by atoms with E-state index in [0.29, 0.717) is 5.82 Å². The summed E-state index contributed by atoms with van der Waals surface area (Å²) >= 11 is 1.86. The van der Waals surface area contributed by atoms with Crippen LogP contribution in [0.4, 0.5) is 0 Å². The van der Waals surface area contributed by atoms with Crippen molar-refractivity contribution in [1.29, 1.82) is 0 Å².